The number of hydrogen-bond donors (Lipinski definition) is 1. The fourth-order valence-electron chi connectivity index (χ4n) is 2.48. The molecule has 0 bridgehead atoms. The minimum absolute atomic E-state index is 0.0663. The molecule has 0 radical (unpaired) electrons. The molecule has 1 fully saturated rings. The average molecular weight is 259 g/mol. The molecule has 2 heterocycles. The van der Waals surface area contributed by atoms with Gasteiger partial charge in [-0.05, 0) is 25.1 Å². The van der Waals surface area contributed by atoms with E-state index in [-0.39, 0.29) is 11.9 Å². The SMILES string of the molecule is Cc1nc2cc(C(=O)N3CCNCC3C)ccc2o1. The molecule has 1 aromatic heterocycles. The Labute approximate surface area is 111 Å². The van der Waals surface area contributed by atoms with Gasteiger partial charge in [-0.15, -0.1) is 0 Å². The number of rotatable bonds is 1. The van der Waals surface area contributed by atoms with Crippen molar-refractivity contribution in [1.29, 1.82) is 0 Å². The van der Waals surface area contributed by atoms with Crippen molar-refractivity contribution in [3.05, 3.63) is 29.7 Å². The van der Waals surface area contributed by atoms with Crippen LogP contribution in [0.15, 0.2) is 22.6 Å². The molecule has 1 atom stereocenters. The van der Waals surface area contributed by atoms with Gasteiger partial charge in [-0.3, -0.25) is 4.79 Å². The first kappa shape index (κ1) is 12.2. The molecular formula is C14H17N3O2. The highest BCUT2D eigenvalue weighted by molar-refractivity contribution is 5.97. The molecule has 5 nitrogen and oxygen atoms in total. The van der Waals surface area contributed by atoms with E-state index in [2.05, 4.69) is 17.2 Å². The van der Waals surface area contributed by atoms with Crippen molar-refractivity contribution in [2.24, 2.45) is 0 Å². The van der Waals surface area contributed by atoms with Gasteiger partial charge in [0.05, 0.1) is 0 Å². The van der Waals surface area contributed by atoms with Gasteiger partial charge in [0.2, 0.25) is 0 Å². The third kappa shape index (κ3) is 2.21. The molecule has 5 heteroatoms. The fourth-order valence-corrected chi connectivity index (χ4v) is 2.48. The number of nitrogens with zero attached hydrogens (tertiary/aromatic N) is 2. The van der Waals surface area contributed by atoms with Crippen LogP contribution in [-0.2, 0) is 0 Å². The fraction of sp³-hybridized carbons (Fsp3) is 0.429. The maximum atomic E-state index is 12.5. The first-order valence-corrected chi connectivity index (χ1v) is 6.54. The first-order valence-electron chi connectivity index (χ1n) is 6.54. The van der Waals surface area contributed by atoms with Crippen molar-refractivity contribution in [2.45, 2.75) is 19.9 Å². The molecule has 19 heavy (non-hydrogen) atoms. The van der Waals surface area contributed by atoms with Crippen LogP contribution in [0, 0.1) is 6.92 Å². The molecule has 0 aliphatic carbocycles. The summed E-state index contributed by atoms with van der Waals surface area (Å²) in [7, 11) is 0. The van der Waals surface area contributed by atoms with Crippen LogP contribution in [0.5, 0.6) is 0 Å². The average Bonchev–Trinajstić information content (AvgIpc) is 2.77. The van der Waals surface area contributed by atoms with Gasteiger partial charge >= 0.3 is 0 Å². The second-order valence-corrected chi connectivity index (χ2v) is 4.97. The Balaban J connectivity index is 1.92. The maximum Gasteiger partial charge on any atom is 0.254 e. The maximum absolute atomic E-state index is 12.5. The van der Waals surface area contributed by atoms with Crippen molar-refractivity contribution >= 4 is 17.0 Å². The molecule has 1 amide bonds. The number of amides is 1. The van der Waals surface area contributed by atoms with Gasteiger partial charge in [0.25, 0.3) is 5.91 Å². The number of aromatic nitrogens is 1. The number of hydrogen-bond acceptors (Lipinski definition) is 4. The number of fused-ring (bicyclic) bond motifs is 1. The Hall–Kier alpha value is -1.88. The van der Waals surface area contributed by atoms with Gasteiger partial charge < -0.3 is 14.6 Å². The zero-order valence-electron chi connectivity index (χ0n) is 11.1. The highest BCUT2D eigenvalue weighted by Crippen LogP contribution is 2.18. The topological polar surface area (TPSA) is 58.4 Å². The molecular weight excluding hydrogens is 242 g/mol. The Morgan fingerprint density at radius 1 is 1.53 bits per heavy atom. The zero-order valence-corrected chi connectivity index (χ0v) is 11.1. The summed E-state index contributed by atoms with van der Waals surface area (Å²) < 4.78 is 5.42. The summed E-state index contributed by atoms with van der Waals surface area (Å²) in [4.78, 5) is 18.7. The number of piperazine rings is 1. The summed E-state index contributed by atoms with van der Waals surface area (Å²) >= 11 is 0. The van der Waals surface area contributed by atoms with Crippen LogP contribution in [0.4, 0.5) is 0 Å². The van der Waals surface area contributed by atoms with Crippen LogP contribution in [0.2, 0.25) is 0 Å². The van der Waals surface area contributed by atoms with E-state index in [1.165, 1.54) is 0 Å². The standard InChI is InChI=1S/C14H17N3O2/c1-9-8-15-5-6-17(9)14(18)11-3-4-13-12(7-11)16-10(2)19-13/h3-4,7,9,15H,5-6,8H2,1-2H3. The predicted octanol–water partition coefficient (Wildman–Crippen LogP) is 1.57. The van der Waals surface area contributed by atoms with Crippen LogP contribution in [0.25, 0.3) is 11.1 Å². The number of oxazole rings is 1. The van der Waals surface area contributed by atoms with Crippen LogP contribution >= 0.6 is 0 Å². The third-order valence-electron chi connectivity index (χ3n) is 3.50. The van der Waals surface area contributed by atoms with Crippen molar-refractivity contribution in [1.82, 2.24) is 15.2 Å². The van der Waals surface area contributed by atoms with Crippen molar-refractivity contribution < 1.29 is 9.21 Å². The largest absolute Gasteiger partial charge is 0.441 e. The van der Waals surface area contributed by atoms with Crippen molar-refractivity contribution in [3.63, 3.8) is 0 Å². The summed E-state index contributed by atoms with van der Waals surface area (Å²) in [6.45, 7) is 6.30. The Kier molecular flexibility index (Phi) is 2.98. The lowest BCUT2D eigenvalue weighted by Crippen LogP contribution is -2.52. The molecule has 1 unspecified atom stereocenters. The van der Waals surface area contributed by atoms with Crippen LogP contribution in [0.1, 0.15) is 23.2 Å². The van der Waals surface area contributed by atoms with Gasteiger partial charge in [-0.2, -0.15) is 0 Å². The van der Waals surface area contributed by atoms with Gasteiger partial charge in [-0.25, -0.2) is 4.98 Å². The van der Waals surface area contributed by atoms with E-state index in [0.717, 1.165) is 30.7 Å². The molecule has 1 aliphatic rings. The van der Waals surface area contributed by atoms with E-state index in [4.69, 9.17) is 4.42 Å². The van der Waals surface area contributed by atoms with Crippen molar-refractivity contribution in [3.8, 4) is 0 Å². The molecule has 1 aliphatic heterocycles. The molecule has 3 rings (SSSR count). The van der Waals surface area contributed by atoms with Crippen LogP contribution in [0.3, 0.4) is 0 Å². The molecule has 1 saturated heterocycles. The lowest BCUT2D eigenvalue weighted by atomic mass is 10.1. The number of carbonyl (C=O) groups excluding carboxylic acids is 1. The summed E-state index contributed by atoms with van der Waals surface area (Å²) in [6, 6.07) is 5.65. The molecule has 100 valence electrons. The highest BCUT2D eigenvalue weighted by atomic mass is 16.3. The third-order valence-corrected chi connectivity index (χ3v) is 3.50. The second-order valence-electron chi connectivity index (χ2n) is 4.97. The van der Waals surface area contributed by atoms with Crippen LogP contribution in [-0.4, -0.2) is 41.5 Å². The van der Waals surface area contributed by atoms with E-state index < -0.39 is 0 Å². The highest BCUT2D eigenvalue weighted by Gasteiger charge is 2.24. The smallest absolute Gasteiger partial charge is 0.254 e. The number of aryl methyl sites for hydroxylation is 1. The zero-order chi connectivity index (χ0) is 13.4. The van der Waals surface area contributed by atoms with Gasteiger partial charge in [0.1, 0.15) is 5.52 Å². The van der Waals surface area contributed by atoms with E-state index in [1.807, 2.05) is 23.1 Å². The number of benzene rings is 1. The van der Waals surface area contributed by atoms with E-state index in [0.29, 0.717) is 11.5 Å². The predicted molar refractivity (Wildman–Crippen MR) is 72.1 cm³/mol. The van der Waals surface area contributed by atoms with Gasteiger partial charge in [0.15, 0.2) is 11.5 Å². The molecule has 0 saturated carbocycles. The monoisotopic (exact) mass is 259 g/mol. The van der Waals surface area contributed by atoms with Gasteiger partial charge in [-0.1, -0.05) is 0 Å². The molecule has 2 aromatic rings. The summed E-state index contributed by atoms with van der Waals surface area (Å²) in [6.07, 6.45) is 0. The van der Waals surface area contributed by atoms with Crippen LogP contribution < -0.4 is 5.32 Å². The van der Waals surface area contributed by atoms with Crippen molar-refractivity contribution in [2.75, 3.05) is 19.6 Å². The normalized spacial score (nSPS) is 19.9. The minimum atomic E-state index is 0.0663. The van der Waals surface area contributed by atoms with E-state index in [1.54, 1.807) is 6.92 Å². The lowest BCUT2D eigenvalue weighted by molar-refractivity contribution is 0.0656. The Bertz CT molecular complexity index is 620. The van der Waals surface area contributed by atoms with E-state index in [9.17, 15) is 4.79 Å². The second kappa shape index (κ2) is 4.66. The molecule has 1 N–H and O–H groups in total. The Morgan fingerprint density at radius 3 is 3.16 bits per heavy atom. The van der Waals surface area contributed by atoms with Gasteiger partial charge in [0, 0.05) is 38.2 Å². The number of nitrogens with one attached hydrogen (secondary N) is 1. The Morgan fingerprint density at radius 2 is 2.37 bits per heavy atom. The lowest BCUT2D eigenvalue weighted by Gasteiger charge is -2.34. The first-order chi connectivity index (χ1) is 9.15. The molecule has 1 aromatic carbocycles. The van der Waals surface area contributed by atoms with E-state index >= 15 is 0 Å². The quantitative estimate of drug-likeness (QED) is 0.844. The molecule has 0 spiro atoms. The number of carbonyl (C=O) groups is 1. The summed E-state index contributed by atoms with van der Waals surface area (Å²) in [5.74, 6) is 0.687. The summed E-state index contributed by atoms with van der Waals surface area (Å²) in [5.41, 5.74) is 2.14. The minimum Gasteiger partial charge on any atom is -0.441 e. The summed E-state index contributed by atoms with van der Waals surface area (Å²) in [5, 5.41) is 3.28.